The maximum absolute atomic E-state index is 11.0. The number of rotatable bonds is 4. The predicted octanol–water partition coefficient (Wildman–Crippen LogP) is 4.75. The third-order valence-electron chi connectivity index (χ3n) is 2.78. The zero-order valence-corrected chi connectivity index (χ0v) is 12.4. The Kier molecular flexibility index (Phi) is 4.67. The Balaban J connectivity index is 2.37. The summed E-state index contributed by atoms with van der Waals surface area (Å²) in [5.41, 5.74) is 0.371. The number of aliphatic hydroxyl groups excluding tert-OH is 1. The summed E-state index contributed by atoms with van der Waals surface area (Å²) in [6, 6.07) is 8.82. The lowest BCUT2D eigenvalue weighted by Crippen LogP contribution is -1.95. The second-order valence-corrected chi connectivity index (χ2v) is 5.18. The summed E-state index contributed by atoms with van der Waals surface area (Å²) in [6.07, 6.45) is -0.665. The molecule has 21 heavy (non-hydrogen) atoms. The summed E-state index contributed by atoms with van der Waals surface area (Å²) in [6.45, 7) is 1.61. The molecule has 0 spiro atoms. The highest BCUT2D eigenvalue weighted by molar-refractivity contribution is 6.32. The van der Waals surface area contributed by atoms with Gasteiger partial charge in [0.2, 0.25) is 5.75 Å². The zero-order chi connectivity index (χ0) is 15.6. The van der Waals surface area contributed by atoms with Crippen molar-refractivity contribution >= 4 is 28.9 Å². The van der Waals surface area contributed by atoms with Gasteiger partial charge in [-0.05, 0) is 36.8 Å². The van der Waals surface area contributed by atoms with Crippen molar-refractivity contribution in [3.8, 4) is 11.5 Å². The normalized spacial score (nSPS) is 12.0. The molecule has 0 saturated heterocycles. The van der Waals surface area contributed by atoms with Crippen LogP contribution in [0.1, 0.15) is 18.6 Å². The van der Waals surface area contributed by atoms with Crippen LogP contribution in [0.25, 0.3) is 0 Å². The van der Waals surface area contributed by atoms with E-state index < -0.39 is 11.0 Å². The lowest BCUT2D eigenvalue weighted by atomic mass is 10.1. The summed E-state index contributed by atoms with van der Waals surface area (Å²) in [5, 5.41) is 21.0. The van der Waals surface area contributed by atoms with Crippen LogP contribution in [0.2, 0.25) is 10.0 Å². The molecule has 0 aliphatic carbocycles. The molecule has 0 amide bonds. The Morgan fingerprint density at radius 2 is 1.86 bits per heavy atom. The van der Waals surface area contributed by atoms with E-state index in [1.165, 1.54) is 18.2 Å². The maximum atomic E-state index is 11.0. The van der Waals surface area contributed by atoms with Gasteiger partial charge in [-0.2, -0.15) is 0 Å². The molecule has 110 valence electrons. The van der Waals surface area contributed by atoms with Crippen molar-refractivity contribution in [1.29, 1.82) is 0 Å². The van der Waals surface area contributed by atoms with Crippen LogP contribution >= 0.6 is 23.2 Å². The summed E-state index contributed by atoms with van der Waals surface area (Å²) >= 11 is 11.8. The summed E-state index contributed by atoms with van der Waals surface area (Å²) in [7, 11) is 0. The molecular formula is C14H11Cl2NO4. The fourth-order valence-corrected chi connectivity index (χ4v) is 2.09. The van der Waals surface area contributed by atoms with Gasteiger partial charge in [0.25, 0.3) is 0 Å². The van der Waals surface area contributed by atoms with E-state index in [0.717, 1.165) is 0 Å². The number of nitro benzene ring substituents is 1. The van der Waals surface area contributed by atoms with Crippen molar-refractivity contribution in [3.05, 3.63) is 62.1 Å². The first-order valence-corrected chi connectivity index (χ1v) is 6.73. The molecule has 2 aromatic carbocycles. The standard InChI is InChI=1S/C14H11Cl2NO4/c1-8(18)9-2-4-13(11(16)6-9)21-14-5-3-10(15)7-12(14)17(19)20/h2-8,18H,1H3/t8-/m1/s1. The first-order valence-electron chi connectivity index (χ1n) is 5.98. The van der Waals surface area contributed by atoms with E-state index >= 15 is 0 Å². The number of hydrogen-bond acceptors (Lipinski definition) is 4. The molecule has 1 N–H and O–H groups in total. The van der Waals surface area contributed by atoms with Gasteiger partial charge in [-0.3, -0.25) is 10.1 Å². The number of halogens is 2. The highest BCUT2D eigenvalue weighted by Crippen LogP contribution is 2.37. The highest BCUT2D eigenvalue weighted by atomic mass is 35.5. The number of benzene rings is 2. The molecule has 0 radical (unpaired) electrons. The van der Waals surface area contributed by atoms with Crippen LogP contribution in [0.5, 0.6) is 11.5 Å². The fraction of sp³-hybridized carbons (Fsp3) is 0.143. The van der Waals surface area contributed by atoms with Crippen LogP contribution in [0.4, 0.5) is 5.69 Å². The van der Waals surface area contributed by atoms with E-state index in [2.05, 4.69) is 0 Å². The van der Waals surface area contributed by atoms with Crippen LogP contribution in [0.3, 0.4) is 0 Å². The molecule has 0 heterocycles. The molecule has 0 aliphatic rings. The van der Waals surface area contributed by atoms with Gasteiger partial charge in [0.1, 0.15) is 5.75 Å². The zero-order valence-electron chi connectivity index (χ0n) is 10.9. The third-order valence-corrected chi connectivity index (χ3v) is 3.31. The third kappa shape index (κ3) is 3.64. The Morgan fingerprint density at radius 1 is 1.19 bits per heavy atom. The lowest BCUT2D eigenvalue weighted by molar-refractivity contribution is -0.385. The van der Waals surface area contributed by atoms with Crippen LogP contribution in [0, 0.1) is 10.1 Å². The SMILES string of the molecule is C[C@@H](O)c1ccc(Oc2ccc(Cl)cc2[N+](=O)[O-])c(Cl)c1. The first-order chi connectivity index (χ1) is 9.88. The largest absolute Gasteiger partial charge is 0.449 e. The minimum Gasteiger partial charge on any atom is -0.449 e. The molecule has 1 atom stereocenters. The summed E-state index contributed by atoms with van der Waals surface area (Å²) in [5.74, 6) is 0.294. The molecule has 0 unspecified atom stereocenters. The average Bonchev–Trinajstić information content (AvgIpc) is 2.42. The Labute approximate surface area is 130 Å². The average molecular weight is 328 g/mol. The quantitative estimate of drug-likeness (QED) is 0.649. The molecule has 5 nitrogen and oxygen atoms in total. The molecule has 7 heteroatoms. The molecule has 0 fully saturated rings. The molecule has 0 bridgehead atoms. The second-order valence-electron chi connectivity index (χ2n) is 4.34. The minimum atomic E-state index is -0.665. The topological polar surface area (TPSA) is 72.6 Å². The number of nitrogens with zero attached hydrogens (tertiary/aromatic N) is 1. The van der Waals surface area contributed by atoms with Gasteiger partial charge in [0, 0.05) is 11.1 Å². The number of ether oxygens (including phenoxy) is 1. The van der Waals surface area contributed by atoms with E-state index in [4.69, 9.17) is 27.9 Å². The number of nitro groups is 1. The van der Waals surface area contributed by atoms with Crippen molar-refractivity contribution in [3.63, 3.8) is 0 Å². The molecule has 2 rings (SSSR count). The maximum Gasteiger partial charge on any atom is 0.313 e. The van der Waals surface area contributed by atoms with Gasteiger partial charge in [0.05, 0.1) is 16.0 Å². The van der Waals surface area contributed by atoms with E-state index in [1.54, 1.807) is 25.1 Å². The predicted molar refractivity (Wildman–Crippen MR) is 80.3 cm³/mol. The Hall–Kier alpha value is -1.82. The Morgan fingerprint density at radius 3 is 2.43 bits per heavy atom. The van der Waals surface area contributed by atoms with Crippen LogP contribution in [-0.4, -0.2) is 10.0 Å². The van der Waals surface area contributed by atoms with Gasteiger partial charge in [-0.15, -0.1) is 0 Å². The number of hydrogen-bond donors (Lipinski definition) is 1. The van der Waals surface area contributed by atoms with E-state index in [-0.39, 0.29) is 27.2 Å². The van der Waals surface area contributed by atoms with Crippen molar-refractivity contribution in [2.45, 2.75) is 13.0 Å². The van der Waals surface area contributed by atoms with Crippen LogP contribution in [-0.2, 0) is 0 Å². The van der Waals surface area contributed by atoms with Gasteiger partial charge in [-0.1, -0.05) is 29.3 Å². The molecule has 2 aromatic rings. The minimum absolute atomic E-state index is 0.0381. The number of aliphatic hydroxyl groups is 1. The van der Waals surface area contributed by atoms with Gasteiger partial charge >= 0.3 is 5.69 Å². The molecular weight excluding hydrogens is 317 g/mol. The van der Waals surface area contributed by atoms with Crippen molar-refractivity contribution in [2.75, 3.05) is 0 Å². The van der Waals surface area contributed by atoms with E-state index in [0.29, 0.717) is 5.56 Å². The molecule has 0 saturated carbocycles. The fourth-order valence-electron chi connectivity index (χ4n) is 1.70. The smallest absolute Gasteiger partial charge is 0.313 e. The molecule has 0 aromatic heterocycles. The lowest BCUT2D eigenvalue weighted by Gasteiger charge is -2.11. The summed E-state index contributed by atoms with van der Waals surface area (Å²) in [4.78, 5) is 10.4. The van der Waals surface area contributed by atoms with Crippen LogP contribution in [0.15, 0.2) is 36.4 Å². The van der Waals surface area contributed by atoms with Crippen molar-refractivity contribution in [2.24, 2.45) is 0 Å². The van der Waals surface area contributed by atoms with Gasteiger partial charge in [-0.25, -0.2) is 0 Å². The first kappa shape index (κ1) is 15.6. The van der Waals surface area contributed by atoms with Gasteiger partial charge < -0.3 is 9.84 Å². The van der Waals surface area contributed by atoms with Crippen LogP contribution < -0.4 is 4.74 Å². The monoisotopic (exact) mass is 327 g/mol. The van der Waals surface area contributed by atoms with E-state index in [9.17, 15) is 15.2 Å². The van der Waals surface area contributed by atoms with Crippen molar-refractivity contribution < 1.29 is 14.8 Å². The van der Waals surface area contributed by atoms with E-state index in [1.807, 2.05) is 0 Å². The summed E-state index contributed by atoms with van der Waals surface area (Å²) < 4.78 is 5.48. The highest BCUT2D eigenvalue weighted by Gasteiger charge is 2.17. The Bertz CT molecular complexity index is 689. The molecule has 0 aliphatic heterocycles. The van der Waals surface area contributed by atoms with Crippen molar-refractivity contribution in [1.82, 2.24) is 0 Å². The second kappa shape index (κ2) is 6.30. The van der Waals surface area contributed by atoms with Gasteiger partial charge in [0.15, 0.2) is 0 Å².